The van der Waals surface area contributed by atoms with E-state index in [9.17, 15) is 9.18 Å². The molecule has 2 saturated heterocycles. The van der Waals surface area contributed by atoms with Crippen LogP contribution in [-0.2, 0) is 11.3 Å². The van der Waals surface area contributed by atoms with Gasteiger partial charge < -0.3 is 15.1 Å². The van der Waals surface area contributed by atoms with Crippen LogP contribution < -0.4 is 10.2 Å². The molecule has 2 heterocycles. The Kier molecular flexibility index (Phi) is 7.07. The highest BCUT2D eigenvalue weighted by molar-refractivity contribution is 5.66. The van der Waals surface area contributed by atoms with Crippen LogP contribution in [0.1, 0.15) is 48.3 Å². The number of carbonyl (C=O) groups excluding carboxylic acids is 1. The first-order valence-corrected chi connectivity index (χ1v) is 11.4. The molecule has 0 aliphatic carbocycles. The number of hydroxylamine groups is 2. The zero-order chi connectivity index (χ0) is 21.6. The molecule has 0 spiro atoms. The lowest BCUT2D eigenvalue weighted by Gasteiger charge is -2.30. The number of benzene rings is 2. The van der Waals surface area contributed by atoms with Gasteiger partial charge in [0.1, 0.15) is 5.82 Å². The van der Waals surface area contributed by atoms with Crippen LogP contribution in [0.3, 0.4) is 0 Å². The van der Waals surface area contributed by atoms with E-state index < -0.39 is 6.09 Å². The Bertz CT molecular complexity index is 873. The van der Waals surface area contributed by atoms with Crippen molar-refractivity contribution in [2.24, 2.45) is 0 Å². The van der Waals surface area contributed by atoms with Crippen molar-refractivity contribution in [3.05, 3.63) is 65.0 Å². The summed E-state index contributed by atoms with van der Waals surface area (Å²) in [6, 6.07) is 13.3. The topological polar surface area (TPSA) is 44.8 Å². The molecule has 2 aliphatic rings. The minimum atomic E-state index is -0.397. The van der Waals surface area contributed by atoms with Gasteiger partial charge in [-0.3, -0.25) is 0 Å². The van der Waals surface area contributed by atoms with Gasteiger partial charge >= 0.3 is 6.09 Å². The van der Waals surface area contributed by atoms with Crippen LogP contribution in [0, 0.1) is 12.7 Å². The Morgan fingerprint density at radius 1 is 1.06 bits per heavy atom. The standard InChI is InChI=1S/C25H32FN3O2/c1-19-18-24(28-14-2-3-15-28)9-6-20(19)10-13-27-25(30)31-29-16-11-22(12-17-29)21-4-7-23(26)8-5-21/h4-9,18,22H,2-3,10-17H2,1H3,(H,27,30). The molecule has 2 aromatic carbocycles. The van der Waals surface area contributed by atoms with Gasteiger partial charge in [0, 0.05) is 38.4 Å². The number of rotatable bonds is 6. The molecule has 0 radical (unpaired) electrons. The second kappa shape index (κ2) is 10.1. The number of aryl methyl sites for hydroxylation is 1. The Morgan fingerprint density at radius 2 is 1.77 bits per heavy atom. The molecule has 0 atom stereocenters. The summed E-state index contributed by atoms with van der Waals surface area (Å²) in [5.41, 5.74) is 4.97. The van der Waals surface area contributed by atoms with Gasteiger partial charge in [-0.1, -0.05) is 18.2 Å². The van der Waals surface area contributed by atoms with Crippen LogP contribution >= 0.6 is 0 Å². The molecule has 2 aliphatic heterocycles. The molecule has 0 saturated carbocycles. The number of nitrogens with one attached hydrogen (secondary N) is 1. The summed E-state index contributed by atoms with van der Waals surface area (Å²) in [4.78, 5) is 20.1. The maximum Gasteiger partial charge on any atom is 0.426 e. The highest BCUT2D eigenvalue weighted by atomic mass is 19.1. The van der Waals surface area contributed by atoms with E-state index in [1.54, 1.807) is 5.06 Å². The van der Waals surface area contributed by atoms with Gasteiger partial charge in [0.2, 0.25) is 0 Å². The van der Waals surface area contributed by atoms with E-state index in [1.165, 1.54) is 41.8 Å². The van der Waals surface area contributed by atoms with E-state index in [-0.39, 0.29) is 5.82 Å². The summed E-state index contributed by atoms with van der Waals surface area (Å²) in [6.45, 7) is 6.35. The van der Waals surface area contributed by atoms with Crippen LogP contribution in [0.5, 0.6) is 0 Å². The molecule has 2 fully saturated rings. The number of carbonyl (C=O) groups is 1. The average Bonchev–Trinajstić information content (AvgIpc) is 3.31. The predicted molar refractivity (Wildman–Crippen MR) is 121 cm³/mol. The largest absolute Gasteiger partial charge is 0.426 e. The molecule has 0 aromatic heterocycles. The molecule has 4 rings (SSSR count). The van der Waals surface area contributed by atoms with Crippen molar-refractivity contribution in [3.63, 3.8) is 0 Å². The van der Waals surface area contributed by atoms with E-state index in [0.29, 0.717) is 25.6 Å². The van der Waals surface area contributed by atoms with Gasteiger partial charge in [0.15, 0.2) is 0 Å². The van der Waals surface area contributed by atoms with Crippen molar-refractivity contribution in [2.75, 3.05) is 37.6 Å². The quantitative estimate of drug-likeness (QED) is 0.722. The molecular weight excluding hydrogens is 393 g/mol. The van der Waals surface area contributed by atoms with Gasteiger partial charge in [0.25, 0.3) is 0 Å². The molecule has 0 bridgehead atoms. The van der Waals surface area contributed by atoms with Crippen LogP contribution in [0.4, 0.5) is 14.9 Å². The number of nitrogens with zero attached hydrogens (tertiary/aromatic N) is 2. The first kappa shape index (κ1) is 21.6. The van der Waals surface area contributed by atoms with Crippen molar-refractivity contribution >= 4 is 11.8 Å². The third-order valence-electron chi connectivity index (χ3n) is 6.47. The Labute approximate surface area is 184 Å². The van der Waals surface area contributed by atoms with Gasteiger partial charge in [0.05, 0.1) is 0 Å². The molecule has 5 nitrogen and oxygen atoms in total. The number of hydrogen-bond acceptors (Lipinski definition) is 4. The molecule has 1 amide bonds. The lowest BCUT2D eigenvalue weighted by molar-refractivity contribution is -0.113. The van der Waals surface area contributed by atoms with E-state index in [4.69, 9.17) is 4.84 Å². The van der Waals surface area contributed by atoms with Crippen molar-refractivity contribution in [1.29, 1.82) is 0 Å². The van der Waals surface area contributed by atoms with Crippen molar-refractivity contribution in [2.45, 2.75) is 44.9 Å². The van der Waals surface area contributed by atoms with Crippen LogP contribution in [0.25, 0.3) is 0 Å². The number of piperidine rings is 1. The predicted octanol–water partition coefficient (Wildman–Crippen LogP) is 4.80. The van der Waals surface area contributed by atoms with E-state index >= 15 is 0 Å². The third-order valence-corrected chi connectivity index (χ3v) is 6.47. The normalized spacial score (nSPS) is 17.7. The lowest BCUT2D eigenvalue weighted by Crippen LogP contribution is -2.39. The summed E-state index contributed by atoms with van der Waals surface area (Å²) in [5, 5.41) is 4.60. The molecular formula is C25H32FN3O2. The van der Waals surface area contributed by atoms with Gasteiger partial charge in [-0.2, -0.15) is 0 Å². The first-order valence-electron chi connectivity index (χ1n) is 11.4. The number of amides is 1. The van der Waals surface area contributed by atoms with E-state index in [1.807, 2.05) is 12.1 Å². The van der Waals surface area contributed by atoms with E-state index in [0.717, 1.165) is 37.9 Å². The minimum Gasteiger partial charge on any atom is -0.372 e. The van der Waals surface area contributed by atoms with Gasteiger partial charge in [-0.25, -0.2) is 9.18 Å². The number of anilines is 1. The van der Waals surface area contributed by atoms with Crippen LogP contribution in [-0.4, -0.2) is 43.9 Å². The zero-order valence-electron chi connectivity index (χ0n) is 18.3. The minimum absolute atomic E-state index is 0.209. The van der Waals surface area contributed by atoms with Crippen LogP contribution in [0.2, 0.25) is 0 Å². The molecule has 31 heavy (non-hydrogen) atoms. The lowest BCUT2D eigenvalue weighted by atomic mass is 9.90. The summed E-state index contributed by atoms with van der Waals surface area (Å²) in [7, 11) is 0. The number of halogens is 1. The molecule has 1 N–H and O–H groups in total. The Hall–Kier alpha value is -2.60. The zero-order valence-corrected chi connectivity index (χ0v) is 18.3. The Balaban J connectivity index is 1.17. The fourth-order valence-corrected chi connectivity index (χ4v) is 4.60. The maximum atomic E-state index is 13.1. The first-order chi connectivity index (χ1) is 15.1. The maximum absolute atomic E-state index is 13.1. The van der Waals surface area contributed by atoms with E-state index in [2.05, 4.69) is 35.3 Å². The van der Waals surface area contributed by atoms with Crippen molar-refractivity contribution in [3.8, 4) is 0 Å². The second-order valence-corrected chi connectivity index (χ2v) is 8.62. The highest BCUT2D eigenvalue weighted by Gasteiger charge is 2.23. The number of hydrogen-bond donors (Lipinski definition) is 1. The van der Waals surface area contributed by atoms with Gasteiger partial charge in [-0.15, -0.1) is 5.06 Å². The monoisotopic (exact) mass is 425 g/mol. The Morgan fingerprint density at radius 3 is 2.45 bits per heavy atom. The average molecular weight is 426 g/mol. The summed E-state index contributed by atoms with van der Waals surface area (Å²) in [6.07, 6.45) is 4.72. The fourth-order valence-electron chi connectivity index (χ4n) is 4.60. The molecule has 0 unspecified atom stereocenters. The summed E-state index contributed by atoms with van der Waals surface area (Å²) >= 11 is 0. The third kappa shape index (κ3) is 5.76. The summed E-state index contributed by atoms with van der Waals surface area (Å²) in [5.74, 6) is 0.175. The molecule has 6 heteroatoms. The highest BCUT2D eigenvalue weighted by Crippen LogP contribution is 2.28. The SMILES string of the molecule is Cc1cc(N2CCCC2)ccc1CCNC(=O)ON1CCC(c2ccc(F)cc2)CC1. The van der Waals surface area contributed by atoms with Crippen LogP contribution in [0.15, 0.2) is 42.5 Å². The van der Waals surface area contributed by atoms with Crippen molar-refractivity contribution < 1.29 is 14.0 Å². The fraction of sp³-hybridized carbons (Fsp3) is 0.480. The second-order valence-electron chi connectivity index (χ2n) is 8.62. The van der Waals surface area contributed by atoms with Crippen molar-refractivity contribution in [1.82, 2.24) is 10.4 Å². The summed E-state index contributed by atoms with van der Waals surface area (Å²) < 4.78 is 13.1. The molecule has 2 aromatic rings. The smallest absolute Gasteiger partial charge is 0.372 e. The van der Waals surface area contributed by atoms with Gasteiger partial charge in [-0.05, 0) is 85.9 Å². The molecule has 166 valence electrons.